The van der Waals surface area contributed by atoms with Crippen molar-refractivity contribution in [2.45, 2.75) is 51.2 Å². The maximum absolute atomic E-state index is 13.1. The summed E-state index contributed by atoms with van der Waals surface area (Å²) in [6.45, 7) is 1.71. The van der Waals surface area contributed by atoms with Gasteiger partial charge < -0.3 is 5.32 Å². The van der Waals surface area contributed by atoms with Crippen LogP contribution in [0.2, 0.25) is 0 Å². The van der Waals surface area contributed by atoms with Crippen LogP contribution in [0.4, 0.5) is 18.9 Å². The van der Waals surface area contributed by atoms with Gasteiger partial charge in [0, 0.05) is 10.6 Å². The van der Waals surface area contributed by atoms with Crippen LogP contribution in [0.5, 0.6) is 0 Å². The van der Waals surface area contributed by atoms with E-state index in [0.29, 0.717) is 10.2 Å². The highest BCUT2D eigenvalue weighted by Gasteiger charge is 2.31. The van der Waals surface area contributed by atoms with E-state index in [9.17, 15) is 22.8 Å². The lowest BCUT2D eigenvalue weighted by Crippen LogP contribution is -2.35. The largest absolute Gasteiger partial charge is 0.416 e. The lowest BCUT2D eigenvalue weighted by Gasteiger charge is -2.17. The number of alkyl halides is 3. The molecule has 1 amide bonds. The Morgan fingerprint density at radius 1 is 1.30 bits per heavy atom. The van der Waals surface area contributed by atoms with Crippen LogP contribution in [0.3, 0.4) is 0 Å². The number of fused-ring (bicyclic) bond motifs is 3. The van der Waals surface area contributed by atoms with Crippen LogP contribution < -0.4 is 10.9 Å². The molecule has 0 saturated carbocycles. The summed E-state index contributed by atoms with van der Waals surface area (Å²) in [4.78, 5) is 27.7. The van der Waals surface area contributed by atoms with E-state index in [2.05, 4.69) is 15.6 Å². The standard InChI is InChI=1S/C20H19F3N4O2S/c1-2-14(17(28)24-12-7-5-6-11(10-12)20(21,22)23)27-19(29)16-13-8-3-4-9-15(13)30-18(16)25-26-27/h5-7,10,14H,2-4,8-9H2,1H3,(H,24,28). The summed E-state index contributed by atoms with van der Waals surface area (Å²) >= 11 is 1.46. The van der Waals surface area contributed by atoms with Crippen LogP contribution >= 0.6 is 11.3 Å². The molecule has 3 aromatic rings. The summed E-state index contributed by atoms with van der Waals surface area (Å²) < 4.78 is 39.8. The topological polar surface area (TPSA) is 76.9 Å². The summed E-state index contributed by atoms with van der Waals surface area (Å²) in [7, 11) is 0. The molecule has 0 bridgehead atoms. The number of halogens is 3. The van der Waals surface area contributed by atoms with Crippen molar-refractivity contribution in [3.63, 3.8) is 0 Å². The quantitative estimate of drug-likeness (QED) is 0.660. The second-order valence-corrected chi connectivity index (χ2v) is 8.31. The molecule has 2 heterocycles. The fraction of sp³-hybridized carbons (Fsp3) is 0.400. The highest BCUT2D eigenvalue weighted by molar-refractivity contribution is 7.18. The van der Waals surface area contributed by atoms with Crippen molar-refractivity contribution >= 4 is 33.1 Å². The second-order valence-electron chi connectivity index (χ2n) is 7.22. The summed E-state index contributed by atoms with van der Waals surface area (Å²) in [6.07, 6.45) is -0.521. The van der Waals surface area contributed by atoms with Crippen LogP contribution in [0, 0.1) is 0 Å². The number of aryl methyl sites for hydroxylation is 2. The molecule has 10 heteroatoms. The van der Waals surface area contributed by atoms with Gasteiger partial charge in [-0.3, -0.25) is 9.59 Å². The van der Waals surface area contributed by atoms with Gasteiger partial charge in [-0.25, -0.2) is 0 Å². The molecule has 1 N–H and O–H groups in total. The van der Waals surface area contributed by atoms with Crippen molar-refractivity contribution in [1.29, 1.82) is 0 Å². The van der Waals surface area contributed by atoms with Crippen LogP contribution in [-0.4, -0.2) is 20.9 Å². The molecule has 6 nitrogen and oxygen atoms in total. The van der Waals surface area contributed by atoms with E-state index in [0.717, 1.165) is 52.9 Å². The number of aromatic nitrogens is 3. The van der Waals surface area contributed by atoms with Crippen molar-refractivity contribution in [2.24, 2.45) is 0 Å². The molecule has 1 aromatic carbocycles. The van der Waals surface area contributed by atoms with Crippen LogP contribution in [-0.2, 0) is 23.8 Å². The first-order chi connectivity index (χ1) is 14.3. The number of rotatable bonds is 4. The third-order valence-corrected chi connectivity index (χ3v) is 6.42. The zero-order chi connectivity index (χ0) is 21.5. The van der Waals surface area contributed by atoms with Gasteiger partial charge in [-0.05, 0) is 55.9 Å². The average molecular weight is 436 g/mol. The normalized spacial score (nSPS) is 15.1. The third kappa shape index (κ3) is 3.71. The van der Waals surface area contributed by atoms with Crippen molar-refractivity contribution in [2.75, 3.05) is 5.32 Å². The predicted octanol–water partition coefficient (Wildman–Crippen LogP) is 4.34. The third-order valence-electron chi connectivity index (χ3n) is 5.25. The molecule has 0 aliphatic heterocycles. The predicted molar refractivity (Wildman–Crippen MR) is 108 cm³/mol. The molecule has 1 unspecified atom stereocenters. The Hall–Kier alpha value is -2.75. The number of benzene rings is 1. The second kappa shape index (κ2) is 7.82. The highest BCUT2D eigenvalue weighted by Crippen LogP contribution is 2.34. The van der Waals surface area contributed by atoms with Crippen molar-refractivity contribution < 1.29 is 18.0 Å². The Bertz CT molecular complexity index is 1170. The van der Waals surface area contributed by atoms with E-state index >= 15 is 0 Å². The number of nitrogens with zero attached hydrogens (tertiary/aromatic N) is 3. The van der Waals surface area contributed by atoms with E-state index in [1.165, 1.54) is 23.5 Å². The number of amides is 1. The minimum Gasteiger partial charge on any atom is -0.324 e. The van der Waals surface area contributed by atoms with Gasteiger partial charge in [0.25, 0.3) is 5.56 Å². The van der Waals surface area contributed by atoms with Gasteiger partial charge in [0.2, 0.25) is 5.91 Å². The van der Waals surface area contributed by atoms with Crippen LogP contribution in [0.15, 0.2) is 29.1 Å². The molecule has 0 saturated heterocycles. The van der Waals surface area contributed by atoms with Crippen molar-refractivity contribution in [3.05, 3.63) is 50.6 Å². The van der Waals surface area contributed by atoms with Gasteiger partial charge in [0.1, 0.15) is 6.04 Å². The summed E-state index contributed by atoms with van der Waals surface area (Å²) in [6, 6.07) is 3.39. The smallest absolute Gasteiger partial charge is 0.324 e. The number of carbonyl (C=O) groups excluding carboxylic acids is 1. The Balaban J connectivity index is 1.67. The van der Waals surface area contributed by atoms with E-state index in [1.807, 2.05) is 0 Å². The number of nitrogens with one attached hydrogen (secondary N) is 1. The first-order valence-corrected chi connectivity index (χ1v) is 10.5. The van der Waals surface area contributed by atoms with Gasteiger partial charge >= 0.3 is 6.18 Å². The highest BCUT2D eigenvalue weighted by atomic mass is 32.1. The molecule has 1 aliphatic rings. The Kier molecular flexibility index (Phi) is 5.35. The number of hydrogen-bond acceptors (Lipinski definition) is 5. The van der Waals surface area contributed by atoms with E-state index in [4.69, 9.17) is 0 Å². The van der Waals surface area contributed by atoms with Gasteiger partial charge in [-0.15, -0.1) is 16.4 Å². The van der Waals surface area contributed by atoms with Crippen LogP contribution in [0.25, 0.3) is 10.2 Å². The molecular formula is C20H19F3N4O2S. The molecule has 30 heavy (non-hydrogen) atoms. The van der Waals surface area contributed by atoms with E-state index in [-0.39, 0.29) is 17.7 Å². The summed E-state index contributed by atoms with van der Waals surface area (Å²) in [5, 5.41) is 11.1. The van der Waals surface area contributed by atoms with Crippen LogP contribution in [0.1, 0.15) is 48.2 Å². The Morgan fingerprint density at radius 2 is 2.07 bits per heavy atom. The van der Waals surface area contributed by atoms with Gasteiger partial charge in [0.05, 0.1) is 10.9 Å². The molecule has 1 aliphatic carbocycles. The maximum Gasteiger partial charge on any atom is 0.416 e. The average Bonchev–Trinajstić information content (AvgIpc) is 3.09. The zero-order valence-corrected chi connectivity index (χ0v) is 16.9. The first kappa shape index (κ1) is 20.5. The number of thiophene rings is 1. The monoisotopic (exact) mass is 436 g/mol. The SMILES string of the molecule is CCC(C(=O)Nc1cccc(C(F)(F)F)c1)n1nnc2sc3c(c2c1=O)CCCC3. The minimum atomic E-state index is -4.52. The van der Waals surface area contributed by atoms with E-state index < -0.39 is 23.7 Å². The lowest BCUT2D eigenvalue weighted by molar-refractivity contribution is -0.137. The zero-order valence-electron chi connectivity index (χ0n) is 16.1. The van der Waals surface area contributed by atoms with Crippen molar-refractivity contribution in [3.8, 4) is 0 Å². The number of hydrogen-bond donors (Lipinski definition) is 1. The Labute approximate surface area is 173 Å². The molecular weight excluding hydrogens is 417 g/mol. The van der Waals surface area contributed by atoms with Crippen molar-refractivity contribution in [1.82, 2.24) is 15.0 Å². The molecule has 2 aromatic heterocycles. The Morgan fingerprint density at radius 3 is 2.80 bits per heavy atom. The first-order valence-electron chi connectivity index (χ1n) is 9.67. The molecule has 1 atom stereocenters. The summed E-state index contributed by atoms with van der Waals surface area (Å²) in [5.41, 5.74) is -0.256. The number of carbonyl (C=O) groups is 1. The molecule has 0 radical (unpaired) electrons. The molecule has 158 valence electrons. The maximum atomic E-state index is 13.1. The van der Waals surface area contributed by atoms with Gasteiger partial charge in [-0.2, -0.15) is 17.9 Å². The molecule has 4 rings (SSSR count). The minimum absolute atomic E-state index is 0.00303. The fourth-order valence-corrected chi connectivity index (χ4v) is 4.96. The fourth-order valence-electron chi connectivity index (χ4n) is 3.76. The summed E-state index contributed by atoms with van der Waals surface area (Å²) in [5.74, 6) is -0.614. The van der Waals surface area contributed by atoms with Gasteiger partial charge in [0.15, 0.2) is 4.83 Å². The number of anilines is 1. The van der Waals surface area contributed by atoms with Gasteiger partial charge in [-0.1, -0.05) is 18.2 Å². The molecule has 0 spiro atoms. The molecule has 0 fully saturated rings. The van der Waals surface area contributed by atoms with E-state index in [1.54, 1.807) is 6.92 Å². The lowest BCUT2D eigenvalue weighted by atomic mass is 9.97.